The molecule has 0 saturated heterocycles. The number of aryl methyl sites for hydroxylation is 1. The Morgan fingerprint density at radius 2 is 1.53 bits per heavy atom. The van der Waals surface area contributed by atoms with E-state index in [1.165, 1.54) is 0 Å². The molecule has 0 saturated carbocycles. The van der Waals surface area contributed by atoms with Crippen LogP contribution in [0.5, 0.6) is 0 Å². The summed E-state index contributed by atoms with van der Waals surface area (Å²) in [6.07, 6.45) is -0.268. The molecule has 158 valence electrons. The minimum absolute atomic E-state index is 0.0870. The van der Waals surface area contributed by atoms with Gasteiger partial charge in [-0.1, -0.05) is 31.9 Å². The van der Waals surface area contributed by atoms with Gasteiger partial charge in [-0.05, 0) is 55.0 Å². The Morgan fingerprint density at radius 1 is 0.867 bits per heavy atom. The van der Waals surface area contributed by atoms with E-state index in [9.17, 15) is 19.2 Å². The maximum Gasteiger partial charge on any atom is 0.306 e. The van der Waals surface area contributed by atoms with Crippen molar-refractivity contribution in [2.45, 2.75) is 19.8 Å². The summed E-state index contributed by atoms with van der Waals surface area (Å²) in [6.45, 7) is 1.27. The molecule has 0 heterocycles. The molecule has 0 unspecified atom stereocenters. The molecule has 3 amide bonds. The Labute approximate surface area is 190 Å². The summed E-state index contributed by atoms with van der Waals surface area (Å²) in [5, 5.41) is 2.71. The topological polar surface area (TPSA) is 114 Å². The number of hydrogen-bond donors (Lipinski definition) is 3. The van der Waals surface area contributed by atoms with Crippen molar-refractivity contribution in [3.8, 4) is 0 Å². The second-order valence-electron chi connectivity index (χ2n) is 6.18. The second kappa shape index (κ2) is 11.5. The molecule has 0 bridgehead atoms. The predicted octanol–water partition coefficient (Wildman–Crippen LogP) is 3.24. The van der Waals surface area contributed by atoms with Crippen LogP contribution in [0.1, 0.15) is 28.8 Å². The molecule has 0 aliphatic heterocycles. The number of esters is 1. The summed E-state index contributed by atoms with van der Waals surface area (Å²) in [5.41, 5.74) is 6.24. The van der Waals surface area contributed by atoms with Gasteiger partial charge in [0.2, 0.25) is 5.91 Å². The van der Waals surface area contributed by atoms with Gasteiger partial charge < -0.3 is 10.1 Å². The molecule has 0 aliphatic rings. The summed E-state index contributed by atoms with van der Waals surface area (Å²) >= 11 is 6.60. The van der Waals surface area contributed by atoms with E-state index in [4.69, 9.17) is 4.74 Å². The van der Waals surface area contributed by atoms with Gasteiger partial charge in [0.25, 0.3) is 11.8 Å². The van der Waals surface area contributed by atoms with Crippen LogP contribution >= 0.6 is 31.9 Å². The van der Waals surface area contributed by atoms with Gasteiger partial charge in [-0.3, -0.25) is 30.0 Å². The number of hydrogen-bond acceptors (Lipinski definition) is 5. The molecule has 10 heteroatoms. The maximum absolute atomic E-state index is 12.0. The Morgan fingerprint density at radius 3 is 2.20 bits per heavy atom. The van der Waals surface area contributed by atoms with Crippen molar-refractivity contribution < 1.29 is 23.9 Å². The van der Waals surface area contributed by atoms with E-state index in [1.807, 2.05) is 13.0 Å². The lowest BCUT2D eigenvalue weighted by Crippen LogP contribution is -2.43. The molecule has 0 aliphatic carbocycles. The number of carbonyl (C=O) groups excluding carboxylic acids is 4. The molecule has 0 atom stereocenters. The van der Waals surface area contributed by atoms with E-state index >= 15 is 0 Å². The van der Waals surface area contributed by atoms with Crippen molar-refractivity contribution >= 4 is 61.2 Å². The quantitative estimate of drug-likeness (QED) is 0.368. The van der Waals surface area contributed by atoms with Crippen LogP contribution in [-0.2, 0) is 19.1 Å². The van der Waals surface area contributed by atoms with Crippen LogP contribution in [0, 0.1) is 6.92 Å². The maximum atomic E-state index is 12.0. The fourth-order valence-electron chi connectivity index (χ4n) is 2.25. The molecule has 0 aromatic heterocycles. The van der Waals surface area contributed by atoms with Crippen molar-refractivity contribution in [1.29, 1.82) is 0 Å². The highest BCUT2D eigenvalue weighted by atomic mass is 79.9. The second-order valence-corrected chi connectivity index (χ2v) is 8.01. The number of halogens is 2. The predicted molar refractivity (Wildman–Crippen MR) is 117 cm³/mol. The van der Waals surface area contributed by atoms with E-state index in [1.54, 1.807) is 36.4 Å². The third-order valence-electron chi connectivity index (χ3n) is 3.80. The summed E-state index contributed by atoms with van der Waals surface area (Å²) in [7, 11) is 0. The average molecular weight is 541 g/mol. The molecule has 0 radical (unpaired) electrons. The van der Waals surface area contributed by atoms with E-state index in [2.05, 4.69) is 48.0 Å². The molecule has 0 spiro atoms. The molecule has 3 N–H and O–H groups in total. The number of hydrazine groups is 1. The Bertz CT molecular complexity index is 948. The summed E-state index contributed by atoms with van der Waals surface area (Å²) in [4.78, 5) is 47.3. The summed E-state index contributed by atoms with van der Waals surface area (Å²) < 4.78 is 6.51. The van der Waals surface area contributed by atoms with Crippen LogP contribution in [0.2, 0.25) is 0 Å². The van der Waals surface area contributed by atoms with Crippen molar-refractivity contribution in [2.75, 3.05) is 11.9 Å². The van der Waals surface area contributed by atoms with Crippen LogP contribution in [0.15, 0.2) is 51.4 Å². The number of carbonyl (C=O) groups is 4. The van der Waals surface area contributed by atoms with Crippen molar-refractivity contribution in [1.82, 2.24) is 10.9 Å². The molecule has 2 aromatic rings. The van der Waals surface area contributed by atoms with Gasteiger partial charge in [0.1, 0.15) is 0 Å². The number of ether oxygens (including phenoxy) is 1. The smallest absolute Gasteiger partial charge is 0.306 e. The van der Waals surface area contributed by atoms with Crippen LogP contribution in [0.3, 0.4) is 0 Å². The lowest BCUT2D eigenvalue weighted by atomic mass is 10.2. The number of amides is 3. The number of anilines is 1. The highest BCUT2D eigenvalue weighted by Gasteiger charge is 2.12. The van der Waals surface area contributed by atoms with E-state index < -0.39 is 24.4 Å². The lowest BCUT2D eigenvalue weighted by Gasteiger charge is -2.09. The summed E-state index contributed by atoms with van der Waals surface area (Å²) in [5.74, 6) is -2.26. The molecule has 30 heavy (non-hydrogen) atoms. The minimum Gasteiger partial charge on any atom is -0.455 e. The molecule has 8 nitrogen and oxygen atoms in total. The third-order valence-corrected chi connectivity index (χ3v) is 4.83. The normalized spacial score (nSPS) is 10.1. The van der Waals surface area contributed by atoms with Crippen LogP contribution < -0.4 is 16.2 Å². The van der Waals surface area contributed by atoms with E-state index in [0.29, 0.717) is 11.3 Å². The molecular formula is C20H19Br2N3O5. The van der Waals surface area contributed by atoms with Gasteiger partial charge in [0, 0.05) is 26.6 Å². The highest BCUT2D eigenvalue weighted by Crippen LogP contribution is 2.20. The standard InChI is InChI=1S/C20H19Br2N3O5/c1-12-10-15(22)6-7-16(12)23-17(26)8-9-19(28)30-11-18(27)24-25-20(29)13-2-4-14(21)5-3-13/h2-7,10H,8-9,11H2,1H3,(H,23,26)(H,24,27)(H,25,29). The first kappa shape index (κ1) is 23.6. The zero-order valence-electron chi connectivity index (χ0n) is 16.0. The number of benzene rings is 2. The lowest BCUT2D eigenvalue weighted by molar-refractivity contribution is -0.149. The van der Waals surface area contributed by atoms with Gasteiger partial charge >= 0.3 is 5.97 Å². The van der Waals surface area contributed by atoms with Crippen molar-refractivity contribution in [3.05, 3.63) is 62.5 Å². The molecule has 0 fully saturated rings. The van der Waals surface area contributed by atoms with Crippen molar-refractivity contribution in [2.24, 2.45) is 0 Å². The fraction of sp³-hybridized carbons (Fsp3) is 0.200. The zero-order chi connectivity index (χ0) is 22.1. The fourth-order valence-corrected chi connectivity index (χ4v) is 2.99. The van der Waals surface area contributed by atoms with Gasteiger partial charge in [-0.15, -0.1) is 0 Å². The van der Waals surface area contributed by atoms with Gasteiger partial charge in [-0.2, -0.15) is 0 Å². The number of rotatable bonds is 7. The third kappa shape index (κ3) is 7.96. The monoisotopic (exact) mass is 539 g/mol. The Hall–Kier alpha value is -2.72. The van der Waals surface area contributed by atoms with Crippen LogP contribution in [-0.4, -0.2) is 30.3 Å². The van der Waals surface area contributed by atoms with E-state index in [0.717, 1.165) is 14.5 Å². The largest absolute Gasteiger partial charge is 0.455 e. The Balaban J connectivity index is 1.66. The molecule has 2 rings (SSSR count). The van der Waals surface area contributed by atoms with Crippen LogP contribution in [0.25, 0.3) is 0 Å². The van der Waals surface area contributed by atoms with Crippen LogP contribution in [0.4, 0.5) is 5.69 Å². The first-order valence-corrected chi connectivity index (χ1v) is 10.4. The minimum atomic E-state index is -0.705. The molecule has 2 aromatic carbocycles. The molecular weight excluding hydrogens is 522 g/mol. The van der Waals surface area contributed by atoms with Gasteiger partial charge in [0.05, 0.1) is 6.42 Å². The number of nitrogens with one attached hydrogen (secondary N) is 3. The van der Waals surface area contributed by atoms with Gasteiger partial charge in [0.15, 0.2) is 6.61 Å². The van der Waals surface area contributed by atoms with Crippen molar-refractivity contribution in [3.63, 3.8) is 0 Å². The van der Waals surface area contributed by atoms with Gasteiger partial charge in [-0.25, -0.2) is 0 Å². The first-order chi connectivity index (χ1) is 14.2. The first-order valence-electron chi connectivity index (χ1n) is 8.81. The summed E-state index contributed by atoms with van der Waals surface area (Å²) in [6, 6.07) is 11.9. The zero-order valence-corrected chi connectivity index (χ0v) is 19.1. The SMILES string of the molecule is Cc1cc(Br)ccc1NC(=O)CCC(=O)OCC(=O)NNC(=O)c1ccc(Br)cc1. The Kier molecular flexibility index (Phi) is 9.00. The average Bonchev–Trinajstić information content (AvgIpc) is 2.71. The highest BCUT2D eigenvalue weighted by molar-refractivity contribution is 9.10. The van der Waals surface area contributed by atoms with E-state index in [-0.39, 0.29) is 18.7 Å².